The van der Waals surface area contributed by atoms with Gasteiger partial charge in [0.25, 0.3) is 5.91 Å². The van der Waals surface area contributed by atoms with E-state index in [-0.39, 0.29) is 11.7 Å². The molecule has 0 aliphatic carbocycles. The fourth-order valence-corrected chi connectivity index (χ4v) is 4.10. The molecule has 160 valence electrons. The van der Waals surface area contributed by atoms with Crippen LogP contribution in [0.15, 0.2) is 65.6 Å². The molecule has 1 aliphatic rings. The highest BCUT2D eigenvalue weighted by atomic mass is 35.5. The summed E-state index contributed by atoms with van der Waals surface area (Å²) in [5.41, 5.74) is 1.15. The van der Waals surface area contributed by atoms with Gasteiger partial charge in [0.2, 0.25) is 5.43 Å². The average Bonchev–Trinajstić information content (AvgIpc) is 2.74. The van der Waals surface area contributed by atoms with Crippen molar-refractivity contribution in [3.8, 4) is 5.75 Å². The molecular formula is C23H21Cl2N3O3. The van der Waals surface area contributed by atoms with Gasteiger partial charge >= 0.3 is 0 Å². The Morgan fingerprint density at radius 3 is 2.10 bits per heavy atom. The zero-order chi connectivity index (χ0) is 22.3. The number of rotatable bonds is 4. The van der Waals surface area contributed by atoms with Gasteiger partial charge in [-0.3, -0.25) is 19.3 Å². The Labute approximate surface area is 189 Å². The second kappa shape index (κ2) is 8.29. The van der Waals surface area contributed by atoms with E-state index in [0.717, 1.165) is 11.1 Å². The maximum atomic E-state index is 13.5. The number of hydrogen-bond acceptors (Lipinski definition) is 4. The summed E-state index contributed by atoms with van der Waals surface area (Å²) in [7, 11) is 0. The van der Waals surface area contributed by atoms with Crippen LogP contribution in [0, 0.1) is 0 Å². The lowest BCUT2D eigenvalue weighted by Crippen LogP contribution is -2.57. The number of hydrogen-bond donors (Lipinski definition) is 1. The van der Waals surface area contributed by atoms with Crippen molar-refractivity contribution in [1.82, 2.24) is 9.58 Å². The van der Waals surface area contributed by atoms with Crippen molar-refractivity contribution in [3.05, 3.63) is 97.9 Å². The second-order valence-corrected chi connectivity index (χ2v) is 8.55. The summed E-state index contributed by atoms with van der Waals surface area (Å²) in [6.07, 6.45) is 1.03. The third kappa shape index (κ3) is 3.89. The number of halogens is 2. The lowest BCUT2D eigenvalue weighted by atomic mass is 10.1. The number of aromatic nitrogens is 1. The van der Waals surface area contributed by atoms with Crippen molar-refractivity contribution in [2.75, 3.05) is 5.01 Å². The number of benzene rings is 2. The van der Waals surface area contributed by atoms with Crippen LogP contribution in [0.1, 0.15) is 41.6 Å². The molecule has 1 amide bonds. The standard InChI is InChI=1S/C23H21Cl2N3O3/c1-14(2)28-22(16-5-9-18(25)10-6-16)27(13-15-3-7-17(24)8-4-15)26-12-11-19(29)21(30)20(26)23(28)31/h3-12,14,22,30H,13H2,1-2H3. The molecular weight excluding hydrogens is 437 g/mol. The van der Waals surface area contributed by atoms with Crippen LogP contribution >= 0.6 is 23.2 Å². The van der Waals surface area contributed by atoms with E-state index in [4.69, 9.17) is 23.2 Å². The van der Waals surface area contributed by atoms with Gasteiger partial charge in [0.15, 0.2) is 11.4 Å². The molecule has 3 aromatic rings. The van der Waals surface area contributed by atoms with Crippen LogP contribution in [0.3, 0.4) is 0 Å². The van der Waals surface area contributed by atoms with E-state index >= 15 is 0 Å². The van der Waals surface area contributed by atoms with E-state index in [1.807, 2.05) is 43.1 Å². The molecule has 0 fully saturated rings. The van der Waals surface area contributed by atoms with Crippen molar-refractivity contribution in [1.29, 1.82) is 0 Å². The first kappa shape index (κ1) is 21.3. The van der Waals surface area contributed by atoms with Crippen LogP contribution in [-0.4, -0.2) is 26.6 Å². The fourth-order valence-electron chi connectivity index (χ4n) is 3.85. The Morgan fingerprint density at radius 1 is 0.935 bits per heavy atom. The minimum Gasteiger partial charge on any atom is -0.502 e. The third-order valence-electron chi connectivity index (χ3n) is 5.30. The summed E-state index contributed by atoms with van der Waals surface area (Å²) in [4.78, 5) is 27.2. The van der Waals surface area contributed by atoms with Gasteiger partial charge in [-0.05, 0) is 49.2 Å². The molecule has 1 N–H and O–H groups in total. The summed E-state index contributed by atoms with van der Waals surface area (Å²) in [6.45, 7) is 4.19. The number of nitrogens with zero attached hydrogens (tertiary/aromatic N) is 3. The molecule has 4 rings (SSSR count). The Hall–Kier alpha value is -2.96. The Balaban J connectivity index is 1.94. The van der Waals surface area contributed by atoms with Gasteiger partial charge in [-0.15, -0.1) is 0 Å². The average molecular weight is 458 g/mol. The van der Waals surface area contributed by atoms with E-state index < -0.39 is 23.3 Å². The molecule has 8 heteroatoms. The van der Waals surface area contributed by atoms with Gasteiger partial charge in [0.05, 0.1) is 6.54 Å². The smallest absolute Gasteiger partial charge is 0.278 e. The summed E-state index contributed by atoms with van der Waals surface area (Å²) >= 11 is 12.1. The normalized spacial score (nSPS) is 16.0. The van der Waals surface area contributed by atoms with Crippen LogP contribution in [0.25, 0.3) is 0 Å². The fraction of sp³-hybridized carbons (Fsp3) is 0.217. The topological polar surface area (TPSA) is 65.8 Å². The highest BCUT2D eigenvalue weighted by Gasteiger charge is 2.41. The second-order valence-electron chi connectivity index (χ2n) is 7.68. The Bertz CT molecular complexity index is 1170. The molecule has 6 nitrogen and oxygen atoms in total. The van der Waals surface area contributed by atoms with E-state index in [2.05, 4.69) is 0 Å². The molecule has 2 heterocycles. The molecule has 0 saturated carbocycles. The number of carbonyl (C=O) groups is 1. The maximum Gasteiger partial charge on any atom is 0.278 e. The van der Waals surface area contributed by atoms with Crippen LogP contribution in [0.5, 0.6) is 5.75 Å². The van der Waals surface area contributed by atoms with Crippen molar-refractivity contribution in [2.24, 2.45) is 0 Å². The van der Waals surface area contributed by atoms with Crippen molar-refractivity contribution >= 4 is 29.1 Å². The Morgan fingerprint density at radius 2 is 1.52 bits per heavy atom. The number of pyridine rings is 1. The van der Waals surface area contributed by atoms with Crippen molar-refractivity contribution in [2.45, 2.75) is 32.6 Å². The lowest BCUT2D eigenvalue weighted by molar-refractivity contribution is 0.0473. The van der Waals surface area contributed by atoms with Gasteiger partial charge in [-0.1, -0.05) is 47.5 Å². The highest BCUT2D eigenvalue weighted by Crippen LogP contribution is 2.35. The number of amides is 1. The summed E-state index contributed by atoms with van der Waals surface area (Å²) in [5.74, 6) is -0.980. The minimum atomic E-state index is -0.598. The van der Waals surface area contributed by atoms with E-state index in [1.54, 1.807) is 33.8 Å². The van der Waals surface area contributed by atoms with E-state index in [0.29, 0.717) is 16.6 Å². The van der Waals surface area contributed by atoms with E-state index in [9.17, 15) is 14.7 Å². The molecule has 1 aromatic heterocycles. The quantitative estimate of drug-likeness (QED) is 0.623. The number of carbonyl (C=O) groups excluding carboxylic acids is 1. The van der Waals surface area contributed by atoms with E-state index in [1.165, 1.54) is 12.3 Å². The first-order valence-corrected chi connectivity index (χ1v) is 10.6. The summed E-state index contributed by atoms with van der Waals surface area (Å²) < 4.78 is 1.56. The molecule has 0 spiro atoms. The highest BCUT2D eigenvalue weighted by molar-refractivity contribution is 6.30. The van der Waals surface area contributed by atoms with Crippen LogP contribution < -0.4 is 10.4 Å². The Kier molecular flexibility index (Phi) is 5.69. The van der Waals surface area contributed by atoms with Gasteiger partial charge in [-0.25, -0.2) is 0 Å². The zero-order valence-electron chi connectivity index (χ0n) is 17.0. The predicted molar refractivity (Wildman–Crippen MR) is 121 cm³/mol. The van der Waals surface area contributed by atoms with Gasteiger partial charge in [-0.2, -0.15) is 0 Å². The zero-order valence-corrected chi connectivity index (χ0v) is 18.5. The van der Waals surface area contributed by atoms with Gasteiger partial charge in [0.1, 0.15) is 6.17 Å². The summed E-state index contributed by atoms with van der Waals surface area (Å²) in [5, 5.41) is 13.6. The number of fused-ring (bicyclic) bond motifs is 1. The third-order valence-corrected chi connectivity index (χ3v) is 5.80. The van der Waals surface area contributed by atoms with Crippen LogP contribution in [-0.2, 0) is 6.54 Å². The van der Waals surface area contributed by atoms with Crippen LogP contribution in [0.2, 0.25) is 10.0 Å². The molecule has 31 heavy (non-hydrogen) atoms. The van der Waals surface area contributed by atoms with Crippen molar-refractivity contribution < 1.29 is 9.90 Å². The van der Waals surface area contributed by atoms with Gasteiger partial charge in [0, 0.05) is 28.4 Å². The monoisotopic (exact) mass is 457 g/mol. The predicted octanol–water partition coefficient (Wildman–Crippen LogP) is 4.56. The molecule has 0 radical (unpaired) electrons. The first-order valence-electron chi connectivity index (χ1n) is 9.82. The molecule has 2 aromatic carbocycles. The van der Waals surface area contributed by atoms with Gasteiger partial charge < -0.3 is 10.0 Å². The lowest BCUT2D eigenvalue weighted by Gasteiger charge is -2.48. The van der Waals surface area contributed by atoms with Crippen molar-refractivity contribution in [3.63, 3.8) is 0 Å². The molecule has 1 aliphatic heterocycles. The molecule has 0 bridgehead atoms. The minimum absolute atomic E-state index is 0.0552. The largest absolute Gasteiger partial charge is 0.502 e. The molecule has 1 unspecified atom stereocenters. The SMILES string of the molecule is CC(C)N1C(=O)c2c(O)c(=O)ccn2N(Cc2ccc(Cl)cc2)C1c1ccc(Cl)cc1. The van der Waals surface area contributed by atoms with Crippen LogP contribution in [0.4, 0.5) is 0 Å². The first-order chi connectivity index (χ1) is 14.8. The number of aromatic hydroxyl groups is 1. The maximum absolute atomic E-state index is 13.5. The molecule has 1 atom stereocenters. The molecule has 0 saturated heterocycles. The summed E-state index contributed by atoms with van der Waals surface area (Å²) in [6, 6.07) is 15.8.